The second kappa shape index (κ2) is 6.78. The van der Waals surface area contributed by atoms with Gasteiger partial charge in [0, 0.05) is 6.04 Å². The van der Waals surface area contributed by atoms with Gasteiger partial charge in [0.1, 0.15) is 17.9 Å². The summed E-state index contributed by atoms with van der Waals surface area (Å²) in [6.45, 7) is 0. The molecular weight excluding hydrogens is 298 g/mol. The SMILES string of the molecule is O=C1c2ccccc2O[C@@H](c2ccccc2)[C@@H]1NC1CCCCC1. The molecule has 1 aliphatic heterocycles. The first kappa shape index (κ1) is 15.4. The van der Waals surface area contributed by atoms with Crippen LogP contribution < -0.4 is 10.1 Å². The van der Waals surface area contributed by atoms with Crippen molar-refractivity contribution in [2.45, 2.75) is 50.3 Å². The summed E-state index contributed by atoms with van der Waals surface area (Å²) in [6.07, 6.45) is 5.81. The Bertz CT molecular complexity index is 707. The Hall–Kier alpha value is -2.13. The van der Waals surface area contributed by atoms with Crippen LogP contribution in [0.15, 0.2) is 54.6 Å². The Labute approximate surface area is 143 Å². The van der Waals surface area contributed by atoms with Crippen molar-refractivity contribution in [2.24, 2.45) is 0 Å². The van der Waals surface area contributed by atoms with Gasteiger partial charge in [-0.1, -0.05) is 61.7 Å². The van der Waals surface area contributed by atoms with Crippen molar-refractivity contribution >= 4 is 5.78 Å². The normalized spacial score (nSPS) is 24.2. The third-order valence-corrected chi connectivity index (χ3v) is 5.14. The van der Waals surface area contributed by atoms with E-state index in [2.05, 4.69) is 5.32 Å². The number of ether oxygens (including phenoxy) is 1. The molecule has 24 heavy (non-hydrogen) atoms. The summed E-state index contributed by atoms with van der Waals surface area (Å²) in [5.74, 6) is 0.842. The lowest BCUT2D eigenvalue weighted by atomic mass is 9.88. The first-order chi connectivity index (χ1) is 11.8. The molecule has 1 saturated carbocycles. The van der Waals surface area contributed by atoms with Gasteiger partial charge in [0.15, 0.2) is 5.78 Å². The number of nitrogens with one attached hydrogen (secondary N) is 1. The van der Waals surface area contributed by atoms with Crippen LogP contribution in [0.1, 0.15) is 54.1 Å². The molecule has 0 saturated heterocycles. The van der Waals surface area contributed by atoms with Crippen LogP contribution in [0.25, 0.3) is 0 Å². The van der Waals surface area contributed by atoms with Crippen LogP contribution in [0.4, 0.5) is 0 Å². The Kier molecular flexibility index (Phi) is 4.35. The smallest absolute Gasteiger partial charge is 0.187 e. The van der Waals surface area contributed by atoms with Crippen LogP contribution >= 0.6 is 0 Å². The fraction of sp³-hybridized carbons (Fsp3) is 0.381. The molecule has 0 unspecified atom stereocenters. The molecule has 3 nitrogen and oxygen atoms in total. The van der Waals surface area contributed by atoms with E-state index in [1.807, 2.05) is 54.6 Å². The van der Waals surface area contributed by atoms with Crippen molar-refractivity contribution < 1.29 is 9.53 Å². The third-order valence-electron chi connectivity index (χ3n) is 5.14. The Morgan fingerprint density at radius 2 is 1.58 bits per heavy atom. The van der Waals surface area contributed by atoms with Crippen molar-refractivity contribution in [2.75, 3.05) is 0 Å². The van der Waals surface area contributed by atoms with Crippen molar-refractivity contribution in [3.8, 4) is 5.75 Å². The van der Waals surface area contributed by atoms with E-state index in [1.54, 1.807) is 0 Å². The van der Waals surface area contributed by atoms with E-state index in [9.17, 15) is 4.79 Å². The molecule has 1 heterocycles. The van der Waals surface area contributed by atoms with Crippen LogP contribution in [0.5, 0.6) is 5.75 Å². The number of carbonyl (C=O) groups excluding carboxylic acids is 1. The molecule has 2 atom stereocenters. The summed E-state index contributed by atoms with van der Waals surface area (Å²) < 4.78 is 6.26. The molecule has 1 N–H and O–H groups in total. The molecule has 3 heteroatoms. The van der Waals surface area contributed by atoms with Crippen LogP contribution in [-0.2, 0) is 0 Å². The molecule has 124 valence electrons. The summed E-state index contributed by atoms with van der Waals surface area (Å²) in [5, 5.41) is 3.62. The van der Waals surface area contributed by atoms with Gasteiger partial charge in [-0.25, -0.2) is 0 Å². The lowest BCUT2D eigenvalue weighted by molar-refractivity contribution is 0.0702. The predicted molar refractivity (Wildman–Crippen MR) is 94.4 cm³/mol. The highest BCUT2D eigenvalue weighted by Crippen LogP contribution is 2.35. The van der Waals surface area contributed by atoms with Gasteiger partial charge in [0.2, 0.25) is 0 Å². The van der Waals surface area contributed by atoms with Gasteiger partial charge in [-0.15, -0.1) is 0 Å². The second-order valence-corrected chi connectivity index (χ2v) is 6.79. The highest BCUT2D eigenvalue weighted by Gasteiger charge is 2.39. The summed E-state index contributed by atoms with van der Waals surface area (Å²) in [7, 11) is 0. The summed E-state index contributed by atoms with van der Waals surface area (Å²) in [6, 6.07) is 17.8. The third kappa shape index (κ3) is 2.96. The fourth-order valence-corrected chi connectivity index (χ4v) is 3.87. The number of hydrogen-bond acceptors (Lipinski definition) is 3. The number of carbonyl (C=O) groups is 1. The monoisotopic (exact) mass is 321 g/mol. The quantitative estimate of drug-likeness (QED) is 0.916. The van der Waals surface area contributed by atoms with E-state index < -0.39 is 0 Å². The maximum atomic E-state index is 13.1. The van der Waals surface area contributed by atoms with E-state index >= 15 is 0 Å². The van der Waals surface area contributed by atoms with Crippen molar-refractivity contribution in [1.82, 2.24) is 5.32 Å². The van der Waals surface area contributed by atoms with Gasteiger partial charge in [-0.3, -0.25) is 4.79 Å². The van der Waals surface area contributed by atoms with Gasteiger partial charge >= 0.3 is 0 Å². The summed E-state index contributed by atoms with van der Waals surface area (Å²) in [5.41, 5.74) is 1.74. The van der Waals surface area contributed by atoms with E-state index in [1.165, 1.54) is 19.3 Å². The minimum Gasteiger partial charge on any atom is -0.483 e. The topological polar surface area (TPSA) is 38.3 Å². The van der Waals surface area contributed by atoms with Crippen molar-refractivity contribution in [3.05, 3.63) is 65.7 Å². The number of Topliss-reactive ketones (excluding diaryl/α,β-unsaturated/α-hetero) is 1. The molecule has 0 radical (unpaired) electrons. The van der Waals surface area contributed by atoms with Crippen molar-refractivity contribution in [1.29, 1.82) is 0 Å². The number of rotatable bonds is 3. The number of benzene rings is 2. The van der Waals surface area contributed by atoms with Crippen LogP contribution in [0.3, 0.4) is 0 Å². The van der Waals surface area contributed by atoms with Crippen molar-refractivity contribution in [3.63, 3.8) is 0 Å². The van der Waals surface area contributed by atoms with Crippen LogP contribution in [0.2, 0.25) is 0 Å². The first-order valence-corrected chi connectivity index (χ1v) is 8.94. The zero-order valence-corrected chi connectivity index (χ0v) is 13.8. The Morgan fingerprint density at radius 3 is 2.38 bits per heavy atom. The standard InChI is InChI=1S/C21H23NO2/c23-20-17-13-7-8-14-18(17)24-21(15-9-3-1-4-10-15)19(20)22-16-11-5-2-6-12-16/h1,3-4,7-10,13-14,16,19,21-22H,2,5-6,11-12H2/t19-,21+/m1/s1. The van der Waals surface area contributed by atoms with Gasteiger partial charge in [0.25, 0.3) is 0 Å². The average molecular weight is 321 g/mol. The van der Waals surface area contributed by atoms with E-state index in [-0.39, 0.29) is 17.9 Å². The van der Waals surface area contributed by atoms with Gasteiger partial charge in [-0.2, -0.15) is 0 Å². The number of ketones is 1. The molecule has 4 rings (SSSR count). The van der Waals surface area contributed by atoms with Crippen LogP contribution in [-0.4, -0.2) is 17.9 Å². The number of fused-ring (bicyclic) bond motifs is 1. The van der Waals surface area contributed by atoms with Gasteiger partial charge < -0.3 is 10.1 Å². The molecule has 0 aromatic heterocycles. The lowest BCUT2D eigenvalue weighted by Crippen LogP contribution is -2.51. The second-order valence-electron chi connectivity index (χ2n) is 6.79. The highest BCUT2D eigenvalue weighted by atomic mass is 16.5. The molecule has 2 aromatic carbocycles. The van der Waals surface area contributed by atoms with E-state index in [0.717, 1.165) is 18.4 Å². The maximum Gasteiger partial charge on any atom is 0.187 e. The molecule has 0 amide bonds. The lowest BCUT2D eigenvalue weighted by Gasteiger charge is -2.36. The van der Waals surface area contributed by atoms with Gasteiger partial charge in [0.05, 0.1) is 5.56 Å². The van der Waals surface area contributed by atoms with E-state index in [0.29, 0.717) is 17.4 Å². The number of hydrogen-bond donors (Lipinski definition) is 1. The molecule has 1 aliphatic carbocycles. The minimum absolute atomic E-state index is 0.149. The average Bonchev–Trinajstić information content (AvgIpc) is 2.65. The maximum absolute atomic E-state index is 13.1. The molecular formula is C21H23NO2. The molecule has 0 bridgehead atoms. The highest BCUT2D eigenvalue weighted by molar-refractivity contribution is 6.04. The summed E-state index contributed by atoms with van der Waals surface area (Å²) >= 11 is 0. The van der Waals surface area contributed by atoms with E-state index in [4.69, 9.17) is 4.74 Å². The molecule has 2 aliphatic rings. The minimum atomic E-state index is -0.314. The zero-order chi connectivity index (χ0) is 16.4. The van der Waals surface area contributed by atoms with Crippen LogP contribution in [0, 0.1) is 0 Å². The molecule has 2 aromatic rings. The predicted octanol–water partition coefficient (Wildman–Crippen LogP) is 4.29. The molecule has 0 spiro atoms. The largest absolute Gasteiger partial charge is 0.483 e. The number of para-hydroxylation sites is 1. The fourth-order valence-electron chi connectivity index (χ4n) is 3.87. The Balaban J connectivity index is 1.67. The zero-order valence-electron chi connectivity index (χ0n) is 13.8. The summed E-state index contributed by atoms with van der Waals surface area (Å²) in [4.78, 5) is 13.1. The first-order valence-electron chi connectivity index (χ1n) is 8.94. The van der Waals surface area contributed by atoms with Gasteiger partial charge in [-0.05, 0) is 30.5 Å². The Morgan fingerprint density at radius 1 is 0.875 bits per heavy atom. The molecule has 1 fully saturated rings.